The molecule has 9 heteroatoms. The molecule has 0 aromatic rings. The van der Waals surface area contributed by atoms with E-state index in [0.717, 1.165) is 12.8 Å². The van der Waals surface area contributed by atoms with Crippen LogP contribution >= 0.6 is 0 Å². The molecule has 2 unspecified atom stereocenters. The highest BCUT2D eigenvalue weighted by atomic mass is 32.2. The lowest BCUT2D eigenvalue weighted by Gasteiger charge is -2.38. The van der Waals surface area contributed by atoms with E-state index in [9.17, 15) is 26.7 Å². The molecule has 2 atom stereocenters. The Morgan fingerprint density at radius 2 is 1.68 bits per heavy atom. The number of rotatable bonds is 3. The van der Waals surface area contributed by atoms with E-state index in [4.69, 9.17) is 0 Å². The summed E-state index contributed by atoms with van der Waals surface area (Å²) in [5, 5.41) is 9.28. The minimum Gasteiger partial charge on any atom is -0.383 e. The Kier molecular flexibility index (Phi) is 5.41. The maximum Gasteiger partial charge on any atom is 0.414 e. The quantitative estimate of drug-likeness (QED) is 0.846. The third kappa shape index (κ3) is 3.93. The van der Waals surface area contributed by atoms with Crippen molar-refractivity contribution in [2.45, 2.75) is 44.9 Å². The van der Waals surface area contributed by atoms with Crippen molar-refractivity contribution in [1.82, 2.24) is 8.61 Å². The third-order valence-electron chi connectivity index (χ3n) is 4.55. The highest BCUT2D eigenvalue weighted by molar-refractivity contribution is 7.86. The number of hydrogen-bond donors (Lipinski definition) is 1. The number of hydrogen-bond acceptors (Lipinski definition) is 3. The molecule has 2 rings (SSSR count). The molecule has 130 valence electrons. The minimum atomic E-state index is -4.64. The van der Waals surface area contributed by atoms with Gasteiger partial charge in [0, 0.05) is 26.2 Å². The zero-order valence-electron chi connectivity index (χ0n) is 12.6. The molecule has 2 aliphatic rings. The SMILES string of the molecule is CC1CCCN(S(=O)(=O)N2CCC(C(O)C(F)(F)F)CC2)C1. The van der Waals surface area contributed by atoms with Crippen LogP contribution in [0.15, 0.2) is 0 Å². The summed E-state index contributed by atoms with van der Waals surface area (Å²) >= 11 is 0. The van der Waals surface area contributed by atoms with Gasteiger partial charge in [-0.15, -0.1) is 0 Å². The van der Waals surface area contributed by atoms with Crippen molar-refractivity contribution >= 4 is 10.2 Å². The van der Waals surface area contributed by atoms with Crippen LogP contribution in [0.2, 0.25) is 0 Å². The number of aliphatic hydroxyl groups is 1. The number of alkyl halides is 3. The summed E-state index contributed by atoms with van der Waals surface area (Å²) in [6, 6.07) is 0. The smallest absolute Gasteiger partial charge is 0.383 e. The van der Waals surface area contributed by atoms with Gasteiger partial charge in [0.2, 0.25) is 0 Å². The zero-order chi connectivity index (χ0) is 16.5. The molecule has 0 aliphatic carbocycles. The molecule has 2 saturated heterocycles. The van der Waals surface area contributed by atoms with Gasteiger partial charge in [-0.3, -0.25) is 0 Å². The summed E-state index contributed by atoms with van der Waals surface area (Å²) in [5.41, 5.74) is 0. The fourth-order valence-corrected chi connectivity index (χ4v) is 5.01. The van der Waals surface area contributed by atoms with E-state index in [1.54, 1.807) is 0 Å². The second-order valence-electron chi connectivity index (χ2n) is 6.34. The topological polar surface area (TPSA) is 60.9 Å². The lowest BCUT2D eigenvalue weighted by atomic mass is 9.92. The van der Waals surface area contributed by atoms with Gasteiger partial charge in [0.15, 0.2) is 6.10 Å². The third-order valence-corrected chi connectivity index (χ3v) is 6.55. The van der Waals surface area contributed by atoms with Crippen LogP contribution in [-0.4, -0.2) is 60.6 Å². The normalized spacial score (nSPS) is 28.7. The van der Waals surface area contributed by atoms with Gasteiger partial charge in [0.25, 0.3) is 10.2 Å². The molecule has 22 heavy (non-hydrogen) atoms. The molecular weight excluding hydrogens is 321 g/mol. The molecular formula is C13H23F3N2O3S. The van der Waals surface area contributed by atoms with Gasteiger partial charge in [-0.1, -0.05) is 6.92 Å². The molecule has 2 aliphatic heterocycles. The van der Waals surface area contributed by atoms with Crippen LogP contribution in [0.1, 0.15) is 32.6 Å². The number of aliphatic hydroxyl groups excluding tert-OH is 1. The van der Waals surface area contributed by atoms with E-state index in [1.165, 1.54) is 8.61 Å². The lowest BCUT2D eigenvalue weighted by Crippen LogP contribution is -2.51. The van der Waals surface area contributed by atoms with Crippen LogP contribution in [0, 0.1) is 11.8 Å². The van der Waals surface area contributed by atoms with Crippen LogP contribution in [-0.2, 0) is 10.2 Å². The Morgan fingerprint density at radius 3 is 2.18 bits per heavy atom. The minimum absolute atomic E-state index is 0.0311. The van der Waals surface area contributed by atoms with E-state index < -0.39 is 28.4 Å². The first-order valence-corrected chi connectivity index (χ1v) is 9.02. The number of piperidine rings is 2. The van der Waals surface area contributed by atoms with Crippen molar-refractivity contribution in [3.63, 3.8) is 0 Å². The predicted molar refractivity (Wildman–Crippen MR) is 75.2 cm³/mol. The van der Waals surface area contributed by atoms with Crippen molar-refractivity contribution < 1.29 is 26.7 Å². The Bertz CT molecular complexity index is 475. The van der Waals surface area contributed by atoms with Gasteiger partial charge >= 0.3 is 6.18 Å². The molecule has 5 nitrogen and oxygen atoms in total. The molecule has 0 radical (unpaired) electrons. The van der Waals surface area contributed by atoms with Gasteiger partial charge in [-0.25, -0.2) is 0 Å². The summed E-state index contributed by atoms with van der Waals surface area (Å²) in [6.07, 6.45) is -5.15. The summed E-state index contributed by atoms with van der Waals surface area (Å²) in [7, 11) is -3.60. The van der Waals surface area contributed by atoms with Gasteiger partial charge in [0.1, 0.15) is 0 Å². The summed E-state index contributed by atoms with van der Waals surface area (Å²) in [5.74, 6) is -0.625. The first-order chi connectivity index (χ1) is 10.1. The Hall–Kier alpha value is -0.380. The van der Waals surface area contributed by atoms with Gasteiger partial charge in [-0.2, -0.15) is 30.2 Å². The largest absolute Gasteiger partial charge is 0.414 e. The average Bonchev–Trinajstić information content (AvgIpc) is 2.45. The van der Waals surface area contributed by atoms with Crippen molar-refractivity contribution in [3.05, 3.63) is 0 Å². The van der Waals surface area contributed by atoms with Gasteiger partial charge in [-0.05, 0) is 37.5 Å². The van der Waals surface area contributed by atoms with Gasteiger partial charge in [0.05, 0.1) is 0 Å². The summed E-state index contributed by atoms with van der Waals surface area (Å²) in [6.45, 7) is 2.99. The average molecular weight is 344 g/mol. The van der Waals surface area contributed by atoms with Crippen LogP contribution < -0.4 is 0 Å². The molecule has 0 aromatic heterocycles. The highest BCUT2D eigenvalue weighted by Gasteiger charge is 2.45. The summed E-state index contributed by atoms with van der Waals surface area (Å²) < 4.78 is 65.3. The Morgan fingerprint density at radius 1 is 1.09 bits per heavy atom. The maximum absolute atomic E-state index is 12.5. The lowest BCUT2D eigenvalue weighted by molar-refractivity contribution is -0.222. The molecule has 0 aromatic carbocycles. The molecule has 0 bridgehead atoms. The van der Waals surface area contributed by atoms with Gasteiger partial charge < -0.3 is 5.11 Å². The number of halogens is 3. The molecule has 0 spiro atoms. The zero-order valence-corrected chi connectivity index (χ0v) is 13.4. The van der Waals surface area contributed by atoms with E-state index >= 15 is 0 Å². The summed E-state index contributed by atoms with van der Waals surface area (Å²) in [4.78, 5) is 0. The highest BCUT2D eigenvalue weighted by Crippen LogP contribution is 2.33. The van der Waals surface area contributed by atoms with E-state index in [2.05, 4.69) is 0 Å². The molecule has 1 N–H and O–H groups in total. The maximum atomic E-state index is 12.5. The molecule has 0 saturated carbocycles. The first-order valence-electron chi connectivity index (χ1n) is 7.62. The van der Waals surface area contributed by atoms with Crippen molar-refractivity contribution in [3.8, 4) is 0 Å². The fraction of sp³-hybridized carbons (Fsp3) is 1.00. The van der Waals surface area contributed by atoms with E-state index in [0.29, 0.717) is 19.0 Å². The first kappa shape index (κ1) is 18.0. The van der Waals surface area contributed by atoms with Crippen LogP contribution in [0.4, 0.5) is 13.2 Å². The van der Waals surface area contributed by atoms with Crippen LogP contribution in [0.25, 0.3) is 0 Å². The molecule has 2 heterocycles. The second kappa shape index (κ2) is 6.62. The van der Waals surface area contributed by atoms with E-state index in [-0.39, 0.29) is 25.9 Å². The predicted octanol–water partition coefficient (Wildman–Crippen LogP) is 1.60. The fourth-order valence-electron chi connectivity index (χ4n) is 3.21. The molecule has 0 amide bonds. The Balaban J connectivity index is 1.96. The molecule has 2 fully saturated rings. The second-order valence-corrected chi connectivity index (χ2v) is 8.26. The monoisotopic (exact) mass is 344 g/mol. The van der Waals surface area contributed by atoms with Crippen molar-refractivity contribution in [2.75, 3.05) is 26.2 Å². The van der Waals surface area contributed by atoms with Crippen molar-refractivity contribution in [2.24, 2.45) is 11.8 Å². The van der Waals surface area contributed by atoms with Crippen LogP contribution in [0.5, 0.6) is 0 Å². The Labute approximate surface area is 129 Å². The van der Waals surface area contributed by atoms with E-state index in [1.807, 2.05) is 6.92 Å². The standard InChI is InChI=1S/C13H23F3N2O3S/c1-10-3-2-6-18(9-10)22(20,21)17-7-4-11(5-8-17)12(19)13(14,15)16/h10-12,19H,2-9H2,1H3. The number of nitrogens with zero attached hydrogens (tertiary/aromatic N) is 2. The van der Waals surface area contributed by atoms with Crippen molar-refractivity contribution in [1.29, 1.82) is 0 Å². The van der Waals surface area contributed by atoms with Crippen LogP contribution in [0.3, 0.4) is 0 Å².